The second-order valence-electron chi connectivity index (χ2n) is 1.88. The van der Waals surface area contributed by atoms with Crippen LogP contribution in [0.1, 0.15) is 26.7 Å². The molecule has 0 aliphatic carbocycles. The van der Waals surface area contributed by atoms with Gasteiger partial charge in [0.25, 0.3) is 0 Å². The number of rotatable bonds is 1. The van der Waals surface area contributed by atoms with Crippen LogP contribution in [-0.4, -0.2) is 12.1 Å². The van der Waals surface area contributed by atoms with Crippen molar-refractivity contribution in [3.05, 3.63) is 0 Å². The minimum absolute atomic E-state index is 1.04. The van der Waals surface area contributed by atoms with Gasteiger partial charge >= 0.3 is 12.1 Å². The standard InChI is InChI=1S/C4H10.C2H4N4O2/c1-3-4-2;3-1(7)5-6-2(4)8/h3-4H2,1-2H3;(H2,3,7)(H2,4,8)/b;6-5+. The molecular weight excluding hydrogens is 160 g/mol. The van der Waals surface area contributed by atoms with Gasteiger partial charge in [0.2, 0.25) is 0 Å². The largest absolute Gasteiger partial charge is 0.357 e. The van der Waals surface area contributed by atoms with E-state index in [-0.39, 0.29) is 0 Å². The highest BCUT2D eigenvalue weighted by Gasteiger charge is 1.86. The monoisotopic (exact) mass is 174 g/mol. The highest BCUT2D eigenvalue weighted by molar-refractivity contribution is 5.77. The Morgan fingerprint density at radius 2 is 1.25 bits per heavy atom. The predicted octanol–water partition coefficient (Wildman–Crippen LogP) is 1.40. The summed E-state index contributed by atoms with van der Waals surface area (Å²) < 4.78 is 0. The summed E-state index contributed by atoms with van der Waals surface area (Å²) >= 11 is 0. The van der Waals surface area contributed by atoms with Gasteiger partial charge < -0.3 is 11.5 Å². The topological polar surface area (TPSA) is 111 Å². The summed E-state index contributed by atoms with van der Waals surface area (Å²) in [4.78, 5) is 19.3. The average molecular weight is 174 g/mol. The van der Waals surface area contributed by atoms with Crippen LogP contribution in [0.3, 0.4) is 0 Å². The summed E-state index contributed by atoms with van der Waals surface area (Å²) in [6, 6.07) is -2.08. The molecule has 0 saturated carbocycles. The third-order valence-corrected chi connectivity index (χ3v) is 0.747. The highest BCUT2D eigenvalue weighted by atomic mass is 16.2. The van der Waals surface area contributed by atoms with Crippen molar-refractivity contribution in [3.63, 3.8) is 0 Å². The predicted molar refractivity (Wildman–Crippen MR) is 44.6 cm³/mol. The molecule has 6 heteroatoms. The van der Waals surface area contributed by atoms with Crippen molar-refractivity contribution in [3.8, 4) is 0 Å². The van der Waals surface area contributed by atoms with E-state index < -0.39 is 12.1 Å². The van der Waals surface area contributed by atoms with Gasteiger partial charge in [-0.1, -0.05) is 36.9 Å². The second kappa shape index (κ2) is 9.54. The maximum absolute atomic E-state index is 9.66. The molecule has 4 N–H and O–H groups in total. The number of hydrogen-bond acceptors (Lipinski definition) is 2. The number of urea groups is 2. The Morgan fingerprint density at radius 1 is 1.00 bits per heavy atom. The molecule has 0 heterocycles. The van der Waals surface area contributed by atoms with E-state index in [0.29, 0.717) is 0 Å². The number of amides is 4. The zero-order chi connectivity index (χ0) is 9.98. The molecule has 0 aromatic rings. The van der Waals surface area contributed by atoms with Crippen molar-refractivity contribution in [2.75, 3.05) is 0 Å². The Hall–Kier alpha value is -1.46. The number of nitrogens with zero attached hydrogens (tertiary/aromatic N) is 2. The summed E-state index contributed by atoms with van der Waals surface area (Å²) in [6.45, 7) is 4.36. The van der Waals surface area contributed by atoms with E-state index in [0.717, 1.165) is 0 Å². The quantitative estimate of drug-likeness (QED) is 0.585. The van der Waals surface area contributed by atoms with Crippen LogP contribution < -0.4 is 11.5 Å². The summed E-state index contributed by atoms with van der Waals surface area (Å²) in [5.74, 6) is 0. The van der Waals surface area contributed by atoms with E-state index in [2.05, 4.69) is 35.5 Å². The minimum atomic E-state index is -1.04. The Morgan fingerprint density at radius 3 is 1.33 bits per heavy atom. The van der Waals surface area contributed by atoms with E-state index in [9.17, 15) is 9.59 Å². The summed E-state index contributed by atoms with van der Waals surface area (Å²) in [5, 5.41) is 5.23. The Kier molecular flexibility index (Phi) is 10.5. The summed E-state index contributed by atoms with van der Waals surface area (Å²) in [6.07, 6.45) is 2.64. The smallest absolute Gasteiger partial charge is 0.348 e. The molecule has 0 aliphatic heterocycles. The van der Waals surface area contributed by atoms with Crippen molar-refractivity contribution in [2.24, 2.45) is 21.7 Å². The molecule has 0 aromatic carbocycles. The number of hydrogen-bond donors (Lipinski definition) is 2. The van der Waals surface area contributed by atoms with Gasteiger partial charge in [-0.05, 0) is 0 Å². The van der Waals surface area contributed by atoms with E-state index in [1.807, 2.05) is 0 Å². The van der Waals surface area contributed by atoms with Gasteiger partial charge in [0.05, 0.1) is 0 Å². The van der Waals surface area contributed by atoms with Crippen molar-refractivity contribution >= 4 is 12.1 Å². The fraction of sp³-hybridized carbons (Fsp3) is 0.667. The van der Waals surface area contributed by atoms with E-state index in [1.165, 1.54) is 12.8 Å². The molecule has 0 aliphatic rings. The second-order valence-corrected chi connectivity index (χ2v) is 1.88. The lowest BCUT2D eigenvalue weighted by atomic mass is 10.4. The third-order valence-electron chi connectivity index (χ3n) is 0.747. The lowest BCUT2D eigenvalue weighted by molar-refractivity contribution is 0.249. The van der Waals surface area contributed by atoms with E-state index >= 15 is 0 Å². The van der Waals surface area contributed by atoms with Crippen LogP contribution in [0.5, 0.6) is 0 Å². The van der Waals surface area contributed by atoms with Gasteiger partial charge in [0.15, 0.2) is 0 Å². The van der Waals surface area contributed by atoms with Crippen molar-refractivity contribution in [1.29, 1.82) is 0 Å². The number of carbonyl (C=O) groups excluding carboxylic acids is 2. The Balaban J connectivity index is 0. The average Bonchev–Trinajstić information content (AvgIpc) is 2.01. The first-order chi connectivity index (χ1) is 5.54. The highest BCUT2D eigenvalue weighted by Crippen LogP contribution is 1.76. The number of azo groups is 1. The van der Waals surface area contributed by atoms with Crippen LogP contribution in [0.15, 0.2) is 10.2 Å². The van der Waals surface area contributed by atoms with Crippen molar-refractivity contribution in [1.82, 2.24) is 0 Å². The van der Waals surface area contributed by atoms with Gasteiger partial charge in [-0.15, -0.1) is 0 Å². The van der Waals surface area contributed by atoms with Crippen LogP contribution in [-0.2, 0) is 0 Å². The molecule has 12 heavy (non-hydrogen) atoms. The van der Waals surface area contributed by atoms with Crippen LogP contribution >= 0.6 is 0 Å². The number of unbranched alkanes of at least 4 members (excludes halogenated alkanes) is 1. The summed E-state index contributed by atoms with van der Waals surface area (Å²) in [7, 11) is 0. The third kappa shape index (κ3) is 23.6. The molecule has 0 radical (unpaired) electrons. The molecule has 0 spiro atoms. The van der Waals surface area contributed by atoms with Crippen LogP contribution in [0.4, 0.5) is 9.59 Å². The number of primary amides is 2. The van der Waals surface area contributed by atoms with E-state index in [1.54, 1.807) is 0 Å². The van der Waals surface area contributed by atoms with Crippen molar-refractivity contribution in [2.45, 2.75) is 26.7 Å². The SMILES string of the molecule is CCCC.NC(=O)/N=N/C(N)=O. The van der Waals surface area contributed by atoms with Gasteiger partial charge in [-0.3, -0.25) is 0 Å². The lowest BCUT2D eigenvalue weighted by Gasteiger charge is -1.74. The van der Waals surface area contributed by atoms with Gasteiger partial charge in [0.1, 0.15) is 0 Å². The molecule has 0 fully saturated rings. The molecule has 0 saturated heterocycles. The van der Waals surface area contributed by atoms with Gasteiger partial charge in [-0.2, -0.15) is 0 Å². The molecule has 0 atom stereocenters. The number of carbonyl (C=O) groups is 2. The molecule has 4 amide bonds. The first-order valence-electron chi connectivity index (χ1n) is 3.55. The fourth-order valence-corrected chi connectivity index (χ4v) is 0.0986. The normalized spacial score (nSPS) is 8.83. The maximum Gasteiger partial charge on any atom is 0.357 e. The van der Waals surface area contributed by atoms with E-state index in [4.69, 9.17) is 0 Å². The van der Waals surface area contributed by atoms with Crippen LogP contribution in [0.25, 0.3) is 0 Å². The molecule has 6 nitrogen and oxygen atoms in total. The summed E-state index contributed by atoms with van der Waals surface area (Å²) in [5.41, 5.74) is 8.87. The maximum atomic E-state index is 9.66. The molecular formula is C6H14N4O2. The first-order valence-corrected chi connectivity index (χ1v) is 3.55. The first kappa shape index (κ1) is 13.2. The number of nitrogens with two attached hydrogens (primary N) is 2. The lowest BCUT2D eigenvalue weighted by Crippen LogP contribution is -2.07. The van der Waals surface area contributed by atoms with Crippen LogP contribution in [0, 0.1) is 0 Å². The molecule has 0 aromatic heterocycles. The Bertz CT molecular complexity index is 149. The molecule has 0 bridgehead atoms. The minimum Gasteiger partial charge on any atom is -0.348 e. The van der Waals surface area contributed by atoms with Crippen molar-refractivity contribution < 1.29 is 9.59 Å². The zero-order valence-electron chi connectivity index (χ0n) is 7.28. The van der Waals surface area contributed by atoms with Crippen LogP contribution in [0.2, 0.25) is 0 Å². The molecule has 0 unspecified atom stereocenters. The fourth-order valence-electron chi connectivity index (χ4n) is 0.0986. The zero-order valence-corrected chi connectivity index (χ0v) is 7.28. The molecule has 70 valence electrons. The molecule has 0 rings (SSSR count). The Labute approximate surface area is 71.0 Å². The van der Waals surface area contributed by atoms with Gasteiger partial charge in [0, 0.05) is 0 Å². The van der Waals surface area contributed by atoms with Gasteiger partial charge in [-0.25, -0.2) is 9.59 Å².